The van der Waals surface area contributed by atoms with Crippen molar-refractivity contribution in [3.63, 3.8) is 0 Å². The van der Waals surface area contributed by atoms with Crippen LogP contribution in [0, 0.1) is 0 Å². The number of pyridine rings is 1. The molecule has 2 heteroatoms. The van der Waals surface area contributed by atoms with Crippen LogP contribution in [-0.2, 0) is 5.41 Å². The van der Waals surface area contributed by atoms with Gasteiger partial charge in [0, 0.05) is 35.4 Å². The van der Waals surface area contributed by atoms with Gasteiger partial charge in [-0.1, -0.05) is 75.4 Å². The first-order valence-corrected chi connectivity index (χ1v) is 11.2. The van der Waals surface area contributed by atoms with E-state index in [0.29, 0.717) is 0 Å². The summed E-state index contributed by atoms with van der Waals surface area (Å²) in [6, 6.07) is 28.6. The summed E-state index contributed by atoms with van der Waals surface area (Å²) >= 11 is 0. The third-order valence-corrected chi connectivity index (χ3v) is 6.74. The summed E-state index contributed by atoms with van der Waals surface area (Å²) in [5.74, 6) is 0. The monoisotopic (exact) mass is 414 g/mol. The van der Waals surface area contributed by atoms with Crippen molar-refractivity contribution in [1.82, 2.24) is 4.98 Å². The molecule has 0 fully saturated rings. The minimum absolute atomic E-state index is 0.0363. The molecule has 0 radical (unpaired) electrons. The lowest BCUT2D eigenvalue weighted by Gasteiger charge is -2.32. The molecule has 5 aromatic rings. The molecule has 0 saturated heterocycles. The predicted octanol–water partition coefficient (Wildman–Crippen LogP) is 8.10. The zero-order chi connectivity index (χ0) is 22.0. The van der Waals surface area contributed by atoms with Crippen molar-refractivity contribution in [2.45, 2.75) is 26.2 Å². The average molecular weight is 415 g/mol. The fourth-order valence-corrected chi connectivity index (χ4v) is 5.24. The quantitative estimate of drug-likeness (QED) is 0.275. The van der Waals surface area contributed by atoms with Crippen LogP contribution in [0.5, 0.6) is 0 Å². The Morgan fingerprint density at radius 3 is 2.31 bits per heavy atom. The molecule has 0 aliphatic carbocycles. The van der Waals surface area contributed by atoms with E-state index in [1.54, 1.807) is 0 Å². The third-order valence-electron chi connectivity index (χ3n) is 6.74. The molecule has 0 atom stereocenters. The van der Waals surface area contributed by atoms with Gasteiger partial charge in [0.2, 0.25) is 0 Å². The second-order valence-corrected chi connectivity index (χ2v) is 9.79. The van der Waals surface area contributed by atoms with E-state index in [1.165, 1.54) is 55.2 Å². The van der Waals surface area contributed by atoms with Crippen LogP contribution in [0.1, 0.15) is 26.3 Å². The van der Waals surface area contributed by atoms with Gasteiger partial charge in [-0.15, -0.1) is 0 Å². The Hall–Kier alpha value is -3.65. The topological polar surface area (TPSA) is 16.1 Å². The molecular formula is C30H26N2. The Morgan fingerprint density at radius 2 is 1.50 bits per heavy atom. The van der Waals surface area contributed by atoms with E-state index < -0.39 is 0 Å². The second kappa shape index (κ2) is 6.67. The fourth-order valence-electron chi connectivity index (χ4n) is 5.24. The van der Waals surface area contributed by atoms with E-state index in [2.05, 4.69) is 112 Å². The van der Waals surface area contributed by atoms with Crippen molar-refractivity contribution in [1.29, 1.82) is 0 Å². The zero-order valence-electron chi connectivity index (χ0n) is 19.0. The van der Waals surface area contributed by atoms with Crippen molar-refractivity contribution in [3.05, 3.63) is 90.6 Å². The summed E-state index contributed by atoms with van der Waals surface area (Å²) in [6.07, 6.45) is 1.96. The van der Waals surface area contributed by atoms with Crippen molar-refractivity contribution in [3.8, 4) is 22.4 Å². The summed E-state index contributed by atoms with van der Waals surface area (Å²) in [5, 5.41) is 5.17. The average Bonchev–Trinajstić information content (AvgIpc) is 2.80. The van der Waals surface area contributed by atoms with Gasteiger partial charge in [0.25, 0.3) is 0 Å². The number of anilines is 2. The van der Waals surface area contributed by atoms with Gasteiger partial charge in [-0.2, -0.15) is 0 Å². The summed E-state index contributed by atoms with van der Waals surface area (Å²) in [6.45, 7) is 6.86. The van der Waals surface area contributed by atoms with Crippen LogP contribution in [0.25, 0.3) is 43.9 Å². The van der Waals surface area contributed by atoms with E-state index in [9.17, 15) is 0 Å². The van der Waals surface area contributed by atoms with Gasteiger partial charge < -0.3 is 4.90 Å². The zero-order valence-corrected chi connectivity index (χ0v) is 19.0. The van der Waals surface area contributed by atoms with Crippen LogP contribution >= 0.6 is 0 Å². The van der Waals surface area contributed by atoms with Gasteiger partial charge in [0.1, 0.15) is 0 Å². The maximum Gasteiger partial charge on any atom is 0.0945 e. The van der Waals surface area contributed by atoms with Gasteiger partial charge >= 0.3 is 0 Å². The van der Waals surface area contributed by atoms with Crippen LogP contribution in [0.3, 0.4) is 0 Å². The SMILES string of the molecule is CN1c2c(ccnc2-c2cc(C(C)(C)C)c3ccccc3c2)-c2cccc3cccc1c23. The van der Waals surface area contributed by atoms with Crippen LogP contribution in [-0.4, -0.2) is 12.0 Å². The maximum absolute atomic E-state index is 4.94. The minimum Gasteiger partial charge on any atom is -0.342 e. The lowest BCUT2D eigenvalue weighted by atomic mass is 9.82. The normalized spacial score (nSPS) is 12.9. The van der Waals surface area contributed by atoms with E-state index in [1.807, 2.05) is 6.20 Å². The lowest BCUT2D eigenvalue weighted by molar-refractivity contribution is 0.596. The molecule has 0 bridgehead atoms. The summed E-state index contributed by atoms with van der Waals surface area (Å²) in [5.41, 5.74) is 8.53. The Labute approximate surface area is 189 Å². The fraction of sp³-hybridized carbons (Fsp3) is 0.167. The molecule has 0 N–H and O–H groups in total. The number of aromatic nitrogens is 1. The summed E-state index contributed by atoms with van der Waals surface area (Å²) in [7, 11) is 2.17. The Kier molecular flexibility index (Phi) is 3.98. The molecule has 0 amide bonds. The van der Waals surface area contributed by atoms with Gasteiger partial charge in [-0.25, -0.2) is 0 Å². The molecule has 2 nitrogen and oxygen atoms in total. The van der Waals surface area contributed by atoms with Gasteiger partial charge in [0.15, 0.2) is 0 Å². The van der Waals surface area contributed by atoms with Crippen molar-refractivity contribution < 1.29 is 0 Å². The number of nitrogens with zero attached hydrogens (tertiary/aromatic N) is 2. The highest BCUT2D eigenvalue weighted by molar-refractivity contribution is 6.13. The first kappa shape index (κ1) is 19.1. The van der Waals surface area contributed by atoms with Crippen molar-refractivity contribution in [2.24, 2.45) is 0 Å². The number of hydrogen-bond donors (Lipinski definition) is 0. The highest BCUT2D eigenvalue weighted by Gasteiger charge is 2.27. The molecule has 2 heterocycles. The van der Waals surface area contributed by atoms with Gasteiger partial charge in [-0.05, 0) is 57.0 Å². The molecule has 0 saturated carbocycles. The summed E-state index contributed by atoms with van der Waals surface area (Å²) in [4.78, 5) is 7.26. The van der Waals surface area contributed by atoms with Gasteiger partial charge in [-0.3, -0.25) is 4.98 Å². The first-order valence-electron chi connectivity index (χ1n) is 11.2. The lowest BCUT2D eigenvalue weighted by Crippen LogP contribution is -2.17. The highest BCUT2D eigenvalue weighted by atomic mass is 15.1. The molecule has 156 valence electrons. The molecule has 4 aromatic carbocycles. The Bertz CT molecular complexity index is 1520. The Morgan fingerprint density at radius 1 is 0.750 bits per heavy atom. The van der Waals surface area contributed by atoms with Crippen LogP contribution in [0.2, 0.25) is 0 Å². The molecule has 1 aliphatic heterocycles. The largest absolute Gasteiger partial charge is 0.342 e. The van der Waals surface area contributed by atoms with E-state index in [0.717, 1.165) is 5.69 Å². The van der Waals surface area contributed by atoms with Crippen LogP contribution in [0.4, 0.5) is 11.4 Å². The van der Waals surface area contributed by atoms with E-state index in [4.69, 9.17) is 4.98 Å². The smallest absolute Gasteiger partial charge is 0.0945 e. The Balaban J connectivity index is 1.68. The molecule has 1 aliphatic rings. The second-order valence-electron chi connectivity index (χ2n) is 9.79. The molecular weight excluding hydrogens is 388 g/mol. The number of fused-ring (bicyclic) bond motifs is 3. The first-order chi connectivity index (χ1) is 15.4. The maximum atomic E-state index is 4.94. The highest BCUT2D eigenvalue weighted by Crippen LogP contribution is 2.50. The van der Waals surface area contributed by atoms with E-state index in [-0.39, 0.29) is 5.41 Å². The third kappa shape index (κ3) is 2.69. The predicted molar refractivity (Wildman–Crippen MR) is 137 cm³/mol. The number of benzene rings is 4. The van der Waals surface area contributed by atoms with Crippen molar-refractivity contribution in [2.75, 3.05) is 11.9 Å². The van der Waals surface area contributed by atoms with Crippen molar-refractivity contribution >= 4 is 32.9 Å². The molecule has 0 spiro atoms. The standard InChI is InChI=1S/C30H26N2/c1-30(2,3)25-18-21(17-20-9-5-6-12-22(20)25)28-29-24(15-16-31-28)23-13-7-10-19-11-8-14-26(27(19)23)32(29)4/h5-18H,1-4H3. The number of hydrogen-bond acceptors (Lipinski definition) is 2. The molecule has 1 aromatic heterocycles. The van der Waals surface area contributed by atoms with Gasteiger partial charge in [0.05, 0.1) is 11.4 Å². The summed E-state index contributed by atoms with van der Waals surface area (Å²) < 4.78 is 0. The molecule has 32 heavy (non-hydrogen) atoms. The van der Waals surface area contributed by atoms with E-state index >= 15 is 0 Å². The molecule has 0 unspecified atom stereocenters. The number of rotatable bonds is 1. The minimum atomic E-state index is 0.0363. The van der Waals surface area contributed by atoms with Crippen LogP contribution < -0.4 is 4.90 Å². The molecule has 6 rings (SSSR count). The van der Waals surface area contributed by atoms with Crippen LogP contribution in [0.15, 0.2) is 85.1 Å².